The van der Waals surface area contributed by atoms with E-state index in [0.717, 1.165) is 18.5 Å². The molecule has 3 rings (SSSR count). The lowest BCUT2D eigenvalue weighted by Crippen LogP contribution is -2.35. The molecule has 3 heterocycles. The number of carbonyl (C=O) groups is 1. The Morgan fingerprint density at radius 1 is 1.23 bits per heavy atom. The van der Waals surface area contributed by atoms with Crippen molar-refractivity contribution < 1.29 is 4.79 Å². The molecule has 0 unspecified atom stereocenters. The monoisotopic (exact) mass is 313 g/mol. The van der Waals surface area contributed by atoms with Crippen LogP contribution in [-0.2, 0) is 0 Å². The fraction of sp³-hybridized carbons (Fsp3) is 0.333. The maximum absolute atomic E-state index is 12.4. The quantitative estimate of drug-likeness (QED) is 0.844. The molecule has 0 radical (unpaired) electrons. The smallest absolute Gasteiger partial charge is 0.254 e. The van der Waals surface area contributed by atoms with Crippen molar-refractivity contribution in [2.75, 3.05) is 31.1 Å². The van der Waals surface area contributed by atoms with Crippen LogP contribution in [0.4, 0.5) is 5.82 Å². The molecule has 1 fully saturated rings. The van der Waals surface area contributed by atoms with Crippen LogP contribution in [-0.4, -0.2) is 47.0 Å². The first kappa shape index (κ1) is 14.5. The SMILES string of the molecule is N#Cc1nccnc1N1CCCN(C(=O)c2ccsc2)CC1. The van der Waals surface area contributed by atoms with Crippen LogP contribution in [0.5, 0.6) is 0 Å². The van der Waals surface area contributed by atoms with Crippen molar-refractivity contribution in [3.63, 3.8) is 0 Å². The van der Waals surface area contributed by atoms with E-state index in [4.69, 9.17) is 5.26 Å². The maximum atomic E-state index is 12.4. The number of hydrogen-bond acceptors (Lipinski definition) is 6. The second kappa shape index (κ2) is 6.54. The van der Waals surface area contributed by atoms with Gasteiger partial charge in [0.05, 0.1) is 5.56 Å². The summed E-state index contributed by atoms with van der Waals surface area (Å²) in [4.78, 5) is 24.6. The first-order valence-corrected chi connectivity index (χ1v) is 8.01. The van der Waals surface area contributed by atoms with Crippen LogP contribution in [0.15, 0.2) is 29.2 Å². The van der Waals surface area contributed by atoms with Gasteiger partial charge in [-0.15, -0.1) is 0 Å². The van der Waals surface area contributed by atoms with Crippen molar-refractivity contribution in [1.82, 2.24) is 14.9 Å². The summed E-state index contributed by atoms with van der Waals surface area (Å²) < 4.78 is 0. The molecule has 0 bridgehead atoms. The van der Waals surface area contributed by atoms with Crippen LogP contribution in [0.25, 0.3) is 0 Å². The highest BCUT2D eigenvalue weighted by atomic mass is 32.1. The van der Waals surface area contributed by atoms with E-state index in [0.29, 0.717) is 31.1 Å². The lowest BCUT2D eigenvalue weighted by molar-refractivity contribution is 0.0767. The van der Waals surface area contributed by atoms with Crippen LogP contribution in [0.2, 0.25) is 0 Å². The Labute approximate surface area is 132 Å². The number of hydrogen-bond donors (Lipinski definition) is 0. The van der Waals surface area contributed by atoms with Gasteiger partial charge in [0.1, 0.15) is 6.07 Å². The Kier molecular flexibility index (Phi) is 4.30. The summed E-state index contributed by atoms with van der Waals surface area (Å²) in [5.74, 6) is 0.678. The number of amides is 1. The summed E-state index contributed by atoms with van der Waals surface area (Å²) >= 11 is 1.53. The second-order valence-electron chi connectivity index (χ2n) is 4.99. The maximum Gasteiger partial charge on any atom is 0.254 e. The predicted octanol–water partition coefficient (Wildman–Crippen LogP) is 1.76. The number of rotatable bonds is 2. The molecule has 112 valence electrons. The zero-order chi connectivity index (χ0) is 15.4. The van der Waals surface area contributed by atoms with Gasteiger partial charge in [-0.25, -0.2) is 9.97 Å². The molecular weight excluding hydrogens is 298 g/mol. The van der Waals surface area contributed by atoms with Crippen molar-refractivity contribution >= 4 is 23.1 Å². The van der Waals surface area contributed by atoms with Gasteiger partial charge >= 0.3 is 0 Å². The summed E-state index contributed by atoms with van der Waals surface area (Å²) in [7, 11) is 0. The standard InChI is InChI=1S/C15H15N5OS/c16-10-13-14(18-4-3-17-13)19-5-1-6-20(8-7-19)15(21)12-2-9-22-11-12/h2-4,9,11H,1,5-8H2. The molecule has 0 spiro atoms. The Bertz CT molecular complexity index is 694. The number of aromatic nitrogens is 2. The summed E-state index contributed by atoms with van der Waals surface area (Å²) in [5.41, 5.74) is 1.08. The highest BCUT2D eigenvalue weighted by Gasteiger charge is 2.22. The Hall–Kier alpha value is -2.46. The number of thiophene rings is 1. The van der Waals surface area contributed by atoms with Gasteiger partial charge in [-0.2, -0.15) is 16.6 Å². The van der Waals surface area contributed by atoms with Crippen LogP contribution in [0, 0.1) is 11.3 Å². The molecule has 1 amide bonds. The molecule has 0 aromatic carbocycles. The fourth-order valence-corrected chi connectivity index (χ4v) is 3.17. The van der Waals surface area contributed by atoms with Gasteiger partial charge in [0.15, 0.2) is 11.5 Å². The zero-order valence-corrected chi connectivity index (χ0v) is 12.8. The van der Waals surface area contributed by atoms with Crippen molar-refractivity contribution in [2.45, 2.75) is 6.42 Å². The van der Waals surface area contributed by atoms with E-state index in [9.17, 15) is 4.79 Å². The van der Waals surface area contributed by atoms with E-state index in [2.05, 4.69) is 16.0 Å². The highest BCUT2D eigenvalue weighted by Crippen LogP contribution is 2.18. The number of carbonyl (C=O) groups excluding carboxylic acids is 1. The molecule has 0 N–H and O–H groups in total. The fourth-order valence-electron chi connectivity index (χ4n) is 2.54. The zero-order valence-electron chi connectivity index (χ0n) is 12.0. The Morgan fingerprint density at radius 3 is 2.86 bits per heavy atom. The molecule has 0 aliphatic carbocycles. The lowest BCUT2D eigenvalue weighted by Gasteiger charge is -2.22. The van der Waals surface area contributed by atoms with Crippen molar-refractivity contribution in [1.29, 1.82) is 5.26 Å². The first-order chi connectivity index (χ1) is 10.8. The number of anilines is 1. The van der Waals surface area contributed by atoms with Gasteiger partial charge in [-0.3, -0.25) is 4.79 Å². The van der Waals surface area contributed by atoms with Crippen molar-refractivity contribution in [3.8, 4) is 6.07 Å². The molecular formula is C15H15N5OS. The average Bonchev–Trinajstić information content (AvgIpc) is 2.99. The van der Waals surface area contributed by atoms with E-state index in [1.165, 1.54) is 17.5 Å². The van der Waals surface area contributed by atoms with Crippen LogP contribution in [0.3, 0.4) is 0 Å². The van der Waals surface area contributed by atoms with Crippen molar-refractivity contribution in [2.24, 2.45) is 0 Å². The van der Waals surface area contributed by atoms with Crippen molar-refractivity contribution in [3.05, 3.63) is 40.5 Å². The predicted molar refractivity (Wildman–Crippen MR) is 83.8 cm³/mol. The highest BCUT2D eigenvalue weighted by molar-refractivity contribution is 7.08. The lowest BCUT2D eigenvalue weighted by atomic mass is 10.3. The largest absolute Gasteiger partial charge is 0.352 e. The molecule has 7 heteroatoms. The van der Waals surface area contributed by atoms with Gasteiger partial charge in [-0.05, 0) is 17.9 Å². The van der Waals surface area contributed by atoms with E-state index >= 15 is 0 Å². The topological polar surface area (TPSA) is 73.1 Å². The molecule has 2 aromatic heterocycles. The van der Waals surface area contributed by atoms with Crippen LogP contribution in [0.1, 0.15) is 22.5 Å². The molecule has 1 aliphatic heterocycles. The molecule has 0 atom stereocenters. The summed E-state index contributed by atoms with van der Waals surface area (Å²) in [5, 5.41) is 12.9. The van der Waals surface area contributed by atoms with Crippen LogP contribution < -0.4 is 4.90 Å². The number of nitrogens with zero attached hydrogens (tertiary/aromatic N) is 5. The van der Waals surface area contributed by atoms with Gasteiger partial charge in [0.2, 0.25) is 0 Å². The van der Waals surface area contributed by atoms with E-state index < -0.39 is 0 Å². The normalized spacial score (nSPS) is 15.2. The summed E-state index contributed by atoms with van der Waals surface area (Å²) in [6.07, 6.45) is 3.96. The van der Waals surface area contributed by atoms with E-state index in [1.807, 2.05) is 26.6 Å². The molecule has 6 nitrogen and oxygen atoms in total. The first-order valence-electron chi connectivity index (χ1n) is 7.07. The van der Waals surface area contributed by atoms with Gasteiger partial charge < -0.3 is 9.80 Å². The molecule has 1 aliphatic rings. The molecule has 0 saturated carbocycles. The van der Waals surface area contributed by atoms with Gasteiger partial charge in [0, 0.05) is 44.0 Å². The second-order valence-corrected chi connectivity index (χ2v) is 5.77. The van der Waals surface area contributed by atoms with E-state index in [-0.39, 0.29) is 5.91 Å². The molecule has 2 aromatic rings. The third-order valence-electron chi connectivity index (χ3n) is 3.64. The van der Waals surface area contributed by atoms with E-state index in [1.54, 1.807) is 6.20 Å². The molecule has 1 saturated heterocycles. The Morgan fingerprint density at radius 2 is 2.09 bits per heavy atom. The minimum Gasteiger partial charge on any atom is -0.352 e. The minimum absolute atomic E-state index is 0.0720. The van der Waals surface area contributed by atoms with Gasteiger partial charge in [0.25, 0.3) is 5.91 Å². The average molecular weight is 313 g/mol. The summed E-state index contributed by atoms with van der Waals surface area (Å²) in [6, 6.07) is 3.93. The molecule has 22 heavy (non-hydrogen) atoms. The third kappa shape index (κ3) is 2.92. The van der Waals surface area contributed by atoms with Crippen LogP contribution >= 0.6 is 11.3 Å². The minimum atomic E-state index is 0.0720. The Balaban J connectivity index is 1.73. The van der Waals surface area contributed by atoms with Gasteiger partial charge in [-0.1, -0.05) is 0 Å². The number of nitriles is 1. The summed E-state index contributed by atoms with van der Waals surface area (Å²) in [6.45, 7) is 2.76. The third-order valence-corrected chi connectivity index (χ3v) is 4.32.